The van der Waals surface area contributed by atoms with Crippen molar-refractivity contribution in [2.75, 3.05) is 105 Å². The second-order valence-corrected chi connectivity index (χ2v) is 13.7. The zero-order valence-corrected chi connectivity index (χ0v) is 32.1. The van der Waals surface area contributed by atoms with Gasteiger partial charge in [-0.25, -0.2) is 9.97 Å². The number of carbonyl (C=O) groups excluding carboxylic acids is 1. The maximum absolute atomic E-state index is 12.2. The molecule has 5 rings (SSSR count). The zero-order valence-electron chi connectivity index (χ0n) is 31.3. The maximum Gasteiger partial charge on any atom is 0.222 e. The number of hydrogen-bond donors (Lipinski definition) is 2. The van der Waals surface area contributed by atoms with Gasteiger partial charge in [-0.05, 0) is 50.2 Å². The molecule has 0 radical (unpaired) electrons. The molecule has 4 bridgehead atoms. The number of hydrogen-bond acceptors (Lipinski definition) is 13. The molecule has 0 fully saturated rings. The summed E-state index contributed by atoms with van der Waals surface area (Å²) in [6.45, 7) is 10.7. The lowest BCUT2D eigenvalue weighted by atomic mass is 10.1. The second kappa shape index (κ2) is 21.7. The minimum absolute atomic E-state index is 0.0189. The van der Waals surface area contributed by atoms with Gasteiger partial charge in [0.1, 0.15) is 18.2 Å². The number of aryl methyl sites for hydroxylation is 1. The molecule has 1 amide bonds. The van der Waals surface area contributed by atoms with Gasteiger partial charge in [0.2, 0.25) is 5.91 Å². The van der Waals surface area contributed by atoms with Crippen LogP contribution in [0.3, 0.4) is 0 Å². The third kappa shape index (κ3) is 12.9. The molecule has 1 aliphatic heterocycles. The van der Waals surface area contributed by atoms with Crippen molar-refractivity contribution in [3.63, 3.8) is 0 Å². The maximum atomic E-state index is 12.2. The molecule has 0 saturated heterocycles. The van der Waals surface area contributed by atoms with Crippen LogP contribution in [0.1, 0.15) is 35.7 Å². The van der Waals surface area contributed by atoms with Crippen LogP contribution in [0, 0.1) is 6.92 Å². The van der Waals surface area contributed by atoms with Gasteiger partial charge >= 0.3 is 0 Å². The Labute approximate surface area is 316 Å². The minimum Gasteiger partial charge on any atom is -0.493 e. The smallest absolute Gasteiger partial charge is 0.222 e. The molecule has 2 aromatic carbocycles. The molecular formula is C39H53N5O8S. The summed E-state index contributed by atoms with van der Waals surface area (Å²) in [5.74, 6) is 2.51. The van der Waals surface area contributed by atoms with Gasteiger partial charge in [-0.1, -0.05) is 24.3 Å². The topological polar surface area (TPSA) is 135 Å². The van der Waals surface area contributed by atoms with Crippen molar-refractivity contribution >= 4 is 34.0 Å². The summed E-state index contributed by atoms with van der Waals surface area (Å²) in [4.78, 5) is 26.3. The molecule has 2 N–H and O–H groups in total. The van der Waals surface area contributed by atoms with Gasteiger partial charge < -0.3 is 43.8 Å². The van der Waals surface area contributed by atoms with Crippen LogP contribution < -0.4 is 20.1 Å². The predicted octanol–water partition coefficient (Wildman–Crippen LogP) is 5.26. The fourth-order valence-corrected chi connectivity index (χ4v) is 6.79. The number of anilines is 1. The Morgan fingerprint density at radius 2 is 1.55 bits per heavy atom. The minimum atomic E-state index is -0.0527. The summed E-state index contributed by atoms with van der Waals surface area (Å²) < 4.78 is 40.0. The molecule has 53 heavy (non-hydrogen) atoms. The van der Waals surface area contributed by atoms with Gasteiger partial charge in [-0.15, -0.1) is 11.3 Å². The largest absolute Gasteiger partial charge is 0.493 e. The van der Waals surface area contributed by atoms with Crippen molar-refractivity contribution in [1.82, 2.24) is 20.2 Å². The fraction of sp³-hybridized carbons (Fsp3) is 0.513. The van der Waals surface area contributed by atoms with Crippen LogP contribution in [-0.4, -0.2) is 121 Å². The van der Waals surface area contributed by atoms with Gasteiger partial charge in [-0.2, -0.15) is 0 Å². The summed E-state index contributed by atoms with van der Waals surface area (Å²) in [6.07, 6.45) is 0.311. The molecule has 4 aromatic rings. The lowest BCUT2D eigenvalue weighted by Gasteiger charge is -2.19. The number of carbonyl (C=O) groups is 1. The van der Waals surface area contributed by atoms with Crippen LogP contribution in [0.15, 0.2) is 48.5 Å². The molecule has 288 valence electrons. The summed E-state index contributed by atoms with van der Waals surface area (Å²) >= 11 is 1.76. The SMILES string of the molecule is COc1cc2nc(C)nc3c2cc1OCCOCCOCCOCCOCCNC(=O)CCOCCN(C)Cc1ccccc1-c1ccc(s1)C(C)N3. The molecule has 2 aromatic heterocycles. The van der Waals surface area contributed by atoms with E-state index in [0.717, 1.165) is 29.8 Å². The van der Waals surface area contributed by atoms with Crippen molar-refractivity contribution < 1.29 is 38.0 Å². The van der Waals surface area contributed by atoms with Crippen LogP contribution in [-0.2, 0) is 35.0 Å². The van der Waals surface area contributed by atoms with Crippen molar-refractivity contribution in [3.8, 4) is 21.9 Å². The quantitative estimate of drug-likeness (QED) is 0.263. The first-order valence-electron chi connectivity index (χ1n) is 18.2. The van der Waals surface area contributed by atoms with E-state index in [1.165, 1.54) is 20.9 Å². The molecule has 13 nitrogen and oxygen atoms in total. The Balaban J connectivity index is 1.27. The molecule has 1 aliphatic rings. The Kier molecular flexibility index (Phi) is 16.5. The number of likely N-dealkylation sites (N-methyl/N-ethyl adjacent to an activating group) is 1. The van der Waals surface area contributed by atoms with Crippen LogP contribution in [0.2, 0.25) is 0 Å². The van der Waals surface area contributed by atoms with E-state index in [9.17, 15) is 4.79 Å². The summed E-state index contributed by atoms with van der Waals surface area (Å²) in [7, 11) is 3.70. The van der Waals surface area contributed by atoms with Crippen molar-refractivity contribution in [1.29, 1.82) is 0 Å². The number of methoxy groups -OCH3 is 1. The molecule has 1 unspecified atom stereocenters. The Morgan fingerprint density at radius 1 is 0.849 bits per heavy atom. The molecule has 0 aliphatic carbocycles. The standard InChI is InChI=1S/C39H53N5O8S/c1-28-36-9-10-37(53-36)31-8-6-5-7-30(31)27-44(3)13-16-47-14-11-38(45)40-12-15-48-17-18-49-19-20-50-21-22-51-23-24-52-35-25-32-33(26-34(35)46-4)42-29(2)43-39(32)41-28/h5-10,25-26,28H,11-24,27H2,1-4H3,(H,40,45)(H,41,42,43). The Hall–Kier alpha value is -3.89. The van der Waals surface area contributed by atoms with E-state index in [2.05, 4.69) is 70.9 Å². The van der Waals surface area contributed by atoms with Gasteiger partial charge in [0.15, 0.2) is 11.5 Å². The monoisotopic (exact) mass is 751 g/mol. The van der Waals surface area contributed by atoms with E-state index < -0.39 is 0 Å². The van der Waals surface area contributed by atoms with Crippen LogP contribution in [0.25, 0.3) is 21.3 Å². The summed E-state index contributed by atoms with van der Waals surface area (Å²) in [5.41, 5.74) is 3.21. The molecule has 1 atom stereocenters. The number of rotatable bonds is 1. The van der Waals surface area contributed by atoms with Crippen LogP contribution in [0.4, 0.5) is 5.82 Å². The van der Waals surface area contributed by atoms with E-state index in [1.807, 2.05) is 19.1 Å². The van der Waals surface area contributed by atoms with Gasteiger partial charge in [-0.3, -0.25) is 9.69 Å². The normalized spacial score (nSPS) is 19.2. The molecule has 3 heterocycles. The molecule has 0 saturated carbocycles. The fourth-order valence-electron chi connectivity index (χ4n) is 5.72. The average molecular weight is 752 g/mol. The van der Waals surface area contributed by atoms with Gasteiger partial charge in [0.25, 0.3) is 0 Å². The second-order valence-electron chi connectivity index (χ2n) is 12.6. The Bertz CT molecular complexity index is 1720. The van der Waals surface area contributed by atoms with Crippen molar-refractivity contribution in [2.24, 2.45) is 0 Å². The number of nitrogens with one attached hydrogen (secondary N) is 2. The molecular weight excluding hydrogens is 699 g/mol. The number of benzene rings is 2. The average Bonchev–Trinajstić information content (AvgIpc) is 3.65. The predicted molar refractivity (Wildman–Crippen MR) is 206 cm³/mol. The Morgan fingerprint density at radius 3 is 2.30 bits per heavy atom. The first-order valence-corrected chi connectivity index (χ1v) is 19.0. The van der Waals surface area contributed by atoms with Crippen LogP contribution >= 0.6 is 11.3 Å². The van der Waals surface area contributed by atoms with Crippen LogP contribution in [0.5, 0.6) is 11.5 Å². The highest BCUT2D eigenvalue weighted by atomic mass is 32.1. The number of amides is 1. The third-order valence-corrected chi connectivity index (χ3v) is 9.78. The highest BCUT2D eigenvalue weighted by molar-refractivity contribution is 7.15. The number of thiophene rings is 1. The van der Waals surface area contributed by atoms with E-state index in [-0.39, 0.29) is 11.9 Å². The number of aromatic nitrogens is 2. The van der Waals surface area contributed by atoms with Gasteiger partial charge in [0, 0.05) is 47.3 Å². The van der Waals surface area contributed by atoms with E-state index in [4.69, 9.17) is 38.1 Å². The molecule has 0 spiro atoms. The summed E-state index contributed by atoms with van der Waals surface area (Å²) in [5, 5.41) is 7.35. The lowest BCUT2D eigenvalue weighted by Crippen LogP contribution is -2.29. The first-order chi connectivity index (χ1) is 25.9. The first kappa shape index (κ1) is 40.3. The van der Waals surface area contributed by atoms with E-state index >= 15 is 0 Å². The van der Waals surface area contributed by atoms with E-state index in [1.54, 1.807) is 18.4 Å². The summed E-state index contributed by atoms with van der Waals surface area (Å²) in [6, 6.07) is 16.7. The molecule has 14 heteroatoms. The number of nitrogens with zero attached hydrogens (tertiary/aromatic N) is 3. The highest BCUT2D eigenvalue weighted by Gasteiger charge is 2.18. The highest BCUT2D eigenvalue weighted by Crippen LogP contribution is 2.38. The number of ether oxygens (including phenoxy) is 7. The van der Waals surface area contributed by atoms with Crippen molar-refractivity contribution in [2.45, 2.75) is 32.9 Å². The third-order valence-electron chi connectivity index (χ3n) is 8.48. The lowest BCUT2D eigenvalue weighted by molar-refractivity contribution is -0.122. The van der Waals surface area contributed by atoms with Gasteiger partial charge in [0.05, 0.1) is 84.7 Å². The number of fused-ring (bicyclic) bond motifs is 5. The van der Waals surface area contributed by atoms with Crippen molar-refractivity contribution in [3.05, 3.63) is 64.8 Å². The van der Waals surface area contributed by atoms with E-state index in [0.29, 0.717) is 103 Å². The zero-order chi connectivity index (χ0) is 37.3.